The van der Waals surface area contributed by atoms with Crippen molar-refractivity contribution in [1.82, 2.24) is 15.2 Å². The van der Waals surface area contributed by atoms with Crippen LogP contribution >= 0.6 is 0 Å². The van der Waals surface area contributed by atoms with Crippen LogP contribution < -0.4 is 16.8 Å². The van der Waals surface area contributed by atoms with E-state index < -0.39 is 0 Å². The molecule has 0 radical (unpaired) electrons. The van der Waals surface area contributed by atoms with Crippen LogP contribution in [0.3, 0.4) is 0 Å². The highest BCUT2D eigenvalue weighted by atomic mass is 15.2. The predicted molar refractivity (Wildman–Crippen MR) is 63.7 cm³/mol. The number of H-pyrrole nitrogens is 1. The summed E-state index contributed by atoms with van der Waals surface area (Å²) < 4.78 is 0. The summed E-state index contributed by atoms with van der Waals surface area (Å²) in [7, 11) is 0. The second-order valence-electron chi connectivity index (χ2n) is 3.58. The van der Waals surface area contributed by atoms with E-state index in [1.165, 1.54) is 6.33 Å². The molecular weight excluding hydrogens is 204 g/mol. The van der Waals surface area contributed by atoms with Crippen LogP contribution in [0.4, 0.5) is 17.1 Å². The van der Waals surface area contributed by atoms with Gasteiger partial charge >= 0.3 is 0 Å². The van der Waals surface area contributed by atoms with Crippen LogP contribution in [-0.2, 0) is 0 Å². The van der Waals surface area contributed by atoms with Gasteiger partial charge in [0.25, 0.3) is 0 Å². The zero-order valence-corrected chi connectivity index (χ0v) is 8.94. The fraction of sp³-hybridized carbons (Fsp3) is 0.200. The Balaban J connectivity index is 2.12. The summed E-state index contributed by atoms with van der Waals surface area (Å²) in [5.41, 5.74) is 13.4. The Hall–Kier alpha value is -2.24. The van der Waals surface area contributed by atoms with Gasteiger partial charge in [-0.1, -0.05) is 0 Å². The molecule has 1 heterocycles. The first-order valence-electron chi connectivity index (χ1n) is 4.93. The monoisotopic (exact) mass is 218 g/mol. The van der Waals surface area contributed by atoms with Gasteiger partial charge in [-0.15, -0.1) is 0 Å². The number of nitrogen functional groups attached to an aromatic ring is 2. The molecule has 1 atom stereocenters. The summed E-state index contributed by atoms with van der Waals surface area (Å²) >= 11 is 0. The molecule has 84 valence electrons. The van der Waals surface area contributed by atoms with Crippen molar-refractivity contribution >= 4 is 17.1 Å². The molecule has 0 bridgehead atoms. The Morgan fingerprint density at radius 2 is 2.12 bits per heavy atom. The number of nitrogens with zero attached hydrogens (tertiary/aromatic N) is 2. The summed E-state index contributed by atoms with van der Waals surface area (Å²) in [5, 5.41) is 9.84. The zero-order valence-electron chi connectivity index (χ0n) is 8.94. The van der Waals surface area contributed by atoms with Crippen molar-refractivity contribution in [1.29, 1.82) is 0 Å². The SMILES string of the molecule is CC(Nc1ccc(N)c(N)c1)c1ncn[nH]1. The number of aromatic nitrogens is 3. The fourth-order valence-corrected chi connectivity index (χ4v) is 1.41. The maximum absolute atomic E-state index is 5.71. The lowest BCUT2D eigenvalue weighted by Gasteiger charge is -2.13. The molecule has 0 aliphatic rings. The van der Waals surface area contributed by atoms with E-state index in [0.717, 1.165) is 11.5 Å². The van der Waals surface area contributed by atoms with Crippen LogP contribution in [-0.4, -0.2) is 15.2 Å². The predicted octanol–water partition coefficient (Wildman–Crippen LogP) is 1.14. The van der Waals surface area contributed by atoms with E-state index in [4.69, 9.17) is 11.5 Å². The zero-order chi connectivity index (χ0) is 11.5. The lowest BCUT2D eigenvalue weighted by Crippen LogP contribution is -2.09. The smallest absolute Gasteiger partial charge is 0.146 e. The van der Waals surface area contributed by atoms with Crippen LogP contribution in [0.25, 0.3) is 0 Å². The van der Waals surface area contributed by atoms with Crippen LogP contribution in [0.15, 0.2) is 24.5 Å². The number of hydrogen-bond donors (Lipinski definition) is 4. The van der Waals surface area contributed by atoms with Gasteiger partial charge in [0.15, 0.2) is 0 Å². The highest BCUT2D eigenvalue weighted by Crippen LogP contribution is 2.22. The molecule has 2 rings (SSSR count). The molecular formula is C10H14N6. The number of hydrogen-bond acceptors (Lipinski definition) is 5. The normalized spacial score (nSPS) is 12.3. The van der Waals surface area contributed by atoms with Crippen molar-refractivity contribution in [2.75, 3.05) is 16.8 Å². The molecule has 1 aromatic carbocycles. The van der Waals surface area contributed by atoms with Crippen LogP contribution in [0, 0.1) is 0 Å². The van der Waals surface area contributed by atoms with Crippen molar-refractivity contribution in [2.24, 2.45) is 0 Å². The van der Waals surface area contributed by atoms with E-state index in [0.29, 0.717) is 11.4 Å². The van der Waals surface area contributed by atoms with Gasteiger partial charge in [0.1, 0.15) is 12.2 Å². The average Bonchev–Trinajstić information content (AvgIpc) is 2.77. The Morgan fingerprint density at radius 1 is 1.31 bits per heavy atom. The summed E-state index contributed by atoms with van der Waals surface area (Å²) in [6, 6.07) is 5.47. The molecule has 6 nitrogen and oxygen atoms in total. The molecule has 0 amide bonds. The minimum Gasteiger partial charge on any atom is -0.397 e. The number of nitrogens with two attached hydrogens (primary N) is 2. The molecule has 1 aromatic heterocycles. The van der Waals surface area contributed by atoms with Gasteiger partial charge in [-0.3, -0.25) is 5.10 Å². The minimum absolute atomic E-state index is 0.0329. The lowest BCUT2D eigenvalue weighted by atomic mass is 10.2. The topological polar surface area (TPSA) is 106 Å². The summed E-state index contributed by atoms with van der Waals surface area (Å²) in [6.45, 7) is 1.98. The maximum Gasteiger partial charge on any atom is 0.146 e. The van der Waals surface area contributed by atoms with Crippen LogP contribution in [0.1, 0.15) is 18.8 Å². The molecule has 0 spiro atoms. The van der Waals surface area contributed by atoms with Gasteiger partial charge in [-0.2, -0.15) is 5.10 Å². The van der Waals surface area contributed by atoms with Crippen molar-refractivity contribution in [3.05, 3.63) is 30.4 Å². The van der Waals surface area contributed by atoms with E-state index in [2.05, 4.69) is 20.5 Å². The Bertz CT molecular complexity index is 464. The van der Waals surface area contributed by atoms with Crippen molar-refractivity contribution in [3.63, 3.8) is 0 Å². The molecule has 0 fully saturated rings. The van der Waals surface area contributed by atoms with Crippen molar-refractivity contribution in [3.8, 4) is 0 Å². The van der Waals surface area contributed by atoms with Gasteiger partial charge in [0.2, 0.25) is 0 Å². The van der Waals surface area contributed by atoms with Crippen molar-refractivity contribution in [2.45, 2.75) is 13.0 Å². The Labute approximate surface area is 93.1 Å². The van der Waals surface area contributed by atoms with Crippen LogP contribution in [0.5, 0.6) is 0 Å². The highest BCUT2D eigenvalue weighted by Gasteiger charge is 2.08. The molecule has 1 unspecified atom stereocenters. The van der Waals surface area contributed by atoms with E-state index in [9.17, 15) is 0 Å². The molecule has 0 aliphatic carbocycles. The van der Waals surface area contributed by atoms with E-state index >= 15 is 0 Å². The molecule has 0 aliphatic heterocycles. The number of benzene rings is 1. The van der Waals surface area contributed by atoms with E-state index in [1.807, 2.05) is 13.0 Å². The molecule has 2 aromatic rings. The number of anilines is 3. The first-order chi connectivity index (χ1) is 7.66. The number of rotatable bonds is 3. The average molecular weight is 218 g/mol. The summed E-state index contributed by atoms with van der Waals surface area (Å²) in [4.78, 5) is 4.07. The molecule has 0 saturated heterocycles. The Kier molecular flexibility index (Phi) is 2.63. The second kappa shape index (κ2) is 4.09. The standard InChI is InChI=1S/C10H14N6/c1-6(10-13-5-14-16-10)15-7-2-3-8(11)9(12)4-7/h2-6,15H,11-12H2,1H3,(H,13,14,16). The largest absolute Gasteiger partial charge is 0.397 e. The quantitative estimate of drug-likeness (QED) is 0.578. The maximum atomic E-state index is 5.71. The highest BCUT2D eigenvalue weighted by molar-refractivity contribution is 5.69. The van der Waals surface area contributed by atoms with Crippen molar-refractivity contribution < 1.29 is 0 Å². The third-order valence-electron chi connectivity index (χ3n) is 2.31. The molecule has 16 heavy (non-hydrogen) atoms. The molecule has 0 saturated carbocycles. The van der Waals surface area contributed by atoms with Gasteiger partial charge < -0.3 is 16.8 Å². The van der Waals surface area contributed by atoms with E-state index in [-0.39, 0.29) is 6.04 Å². The summed E-state index contributed by atoms with van der Waals surface area (Å²) in [5.74, 6) is 0.774. The molecule has 6 heteroatoms. The van der Waals surface area contributed by atoms with Gasteiger partial charge in [-0.05, 0) is 25.1 Å². The second-order valence-corrected chi connectivity index (χ2v) is 3.58. The van der Waals surface area contributed by atoms with Gasteiger partial charge in [-0.25, -0.2) is 4.98 Å². The first-order valence-corrected chi connectivity index (χ1v) is 4.93. The summed E-state index contributed by atoms with van der Waals surface area (Å²) in [6.07, 6.45) is 1.48. The van der Waals surface area contributed by atoms with Gasteiger partial charge in [0, 0.05) is 5.69 Å². The third kappa shape index (κ3) is 2.05. The van der Waals surface area contributed by atoms with E-state index in [1.54, 1.807) is 12.1 Å². The lowest BCUT2D eigenvalue weighted by molar-refractivity contribution is 0.796. The Morgan fingerprint density at radius 3 is 2.75 bits per heavy atom. The third-order valence-corrected chi connectivity index (χ3v) is 2.31. The number of nitrogens with one attached hydrogen (secondary N) is 2. The minimum atomic E-state index is 0.0329. The van der Waals surface area contributed by atoms with Gasteiger partial charge in [0.05, 0.1) is 17.4 Å². The van der Waals surface area contributed by atoms with Crippen LogP contribution in [0.2, 0.25) is 0 Å². The number of aromatic amines is 1. The fourth-order valence-electron chi connectivity index (χ4n) is 1.41. The first kappa shape index (κ1) is 10.3. The molecule has 6 N–H and O–H groups in total.